The zero-order valence-corrected chi connectivity index (χ0v) is 13.9. The largest absolute Gasteiger partial charge is 0.481 e. The summed E-state index contributed by atoms with van der Waals surface area (Å²) in [7, 11) is 0. The number of nitrogens with one attached hydrogen (secondary N) is 2. The Morgan fingerprint density at radius 3 is 2.23 bits per heavy atom. The van der Waals surface area contributed by atoms with Crippen LogP contribution >= 0.6 is 0 Å². The molecule has 1 rings (SSSR count). The fraction of sp³-hybridized carbons (Fsp3) is 0.800. The molecule has 7 heteroatoms. The molecule has 1 aliphatic rings. The molecule has 1 atom stereocenters. The minimum atomic E-state index is -0.890. The van der Waals surface area contributed by atoms with Gasteiger partial charge in [-0.1, -0.05) is 6.92 Å². The van der Waals surface area contributed by atoms with Crippen LogP contribution < -0.4 is 10.6 Å². The number of alkyl carbamates (subject to hydrolysis) is 1. The van der Waals surface area contributed by atoms with Crippen LogP contribution in [-0.2, 0) is 14.3 Å². The van der Waals surface area contributed by atoms with Gasteiger partial charge in [0.15, 0.2) is 0 Å². The van der Waals surface area contributed by atoms with Crippen molar-refractivity contribution in [3.8, 4) is 0 Å². The van der Waals surface area contributed by atoms with E-state index in [-0.39, 0.29) is 24.8 Å². The van der Waals surface area contributed by atoms with Crippen molar-refractivity contribution in [3.63, 3.8) is 0 Å². The summed E-state index contributed by atoms with van der Waals surface area (Å²) in [6.45, 7) is 8.55. The average molecular weight is 314 g/mol. The number of ether oxygens (including phenoxy) is 1. The first-order chi connectivity index (χ1) is 9.99. The lowest BCUT2D eigenvalue weighted by Crippen LogP contribution is -2.69. The summed E-state index contributed by atoms with van der Waals surface area (Å²) in [6, 6.07) is -0.326. The predicted molar refractivity (Wildman–Crippen MR) is 80.4 cm³/mol. The van der Waals surface area contributed by atoms with E-state index in [2.05, 4.69) is 10.6 Å². The SMILES string of the molecule is CCC(NC(C)=O)C1(NC(=O)OC(C)(C)C)CC(C(=O)O)C1. The maximum atomic E-state index is 12.1. The van der Waals surface area contributed by atoms with E-state index in [1.54, 1.807) is 20.8 Å². The number of carboxylic acid groups (broad SMARTS) is 1. The summed E-state index contributed by atoms with van der Waals surface area (Å²) < 4.78 is 5.25. The lowest BCUT2D eigenvalue weighted by Gasteiger charge is -2.51. The van der Waals surface area contributed by atoms with Gasteiger partial charge in [0, 0.05) is 6.92 Å². The second-order valence-corrected chi connectivity index (χ2v) is 6.89. The van der Waals surface area contributed by atoms with Gasteiger partial charge >= 0.3 is 12.1 Å². The Kier molecular flexibility index (Phi) is 5.43. The average Bonchev–Trinajstić information content (AvgIpc) is 2.27. The molecule has 1 fully saturated rings. The van der Waals surface area contributed by atoms with E-state index in [9.17, 15) is 14.4 Å². The third kappa shape index (κ3) is 4.61. The van der Waals surface area contributed by atoms with Gasteiger partial charge in [0.25, 0.3) is 0 Å². The molecule has 2 amide bonds. The standard InChI is InChI=1S/C15H26N2O5/c1-6-11(16-9(2)18)15(7-10(8-15)12(19)20)17-13(21)22-14(3,4)5/h10-11H,6-8H2,1-5H3,(H,16,18)(H,17,21)(H,19,20). The monoisotopic (exact) mass is 314 g/mol. The number of aliphatic carboxylic acids is 1. The molecule has 1 unspecified atom stereocenters. The van der Waals surface area contributed by atoms with Crippen LogP contribution in [0.4, 0.5) is 4.79 Å². The normalized spacial score (nSPS) is 25.6. The highest BCUT2D eigenvalue weighted by molar-refractivity contribution is 5.76. The van der Waals surface area contributed by atoms with Crippen LogP contribution in [0.3, 0.4) is 0 Å². The Hall–Kier alpha value is -1.79. The molecule has 7 nitrogen and oxygen atoms in total. The van der Waals surface area contributed by atoms with Gasteiger partial charge in [0.2, 0.25) is 5.91 Å². The molecular formula is C15H26N2O5. The first-order valence-corrected chi connectivity index (χ1v) is 7.50. The van der Waals surface area contributed by atoms with Gasteiger partial charge in [0.05, 0.1) is 17.5 Å². The van der Waals surface area contributed by atoms with Crippen LogP contribution in [0.15, 0.2) is 0 Å². The molecule has 0 spiro atoms. The molecule has 0 aliphatic heterocycles. The number of hydrogen-bond donors (Lipinski definition) is 3. The van der Waals surface area contributed by atoms with Crippen molar-refractivity contribution in [3.05, 3.63) is 0 Å². The second kappa shape index (κ2) is 6.54. The summed E-state index contributed by atoms with van der Waals surface area (Å²) in [4.78, 5) is 34.5. The van der Waals surface area contributed by atoms with Gasteiger partial charge in [-0.15, -0.1) is 0 Å². The Morgan fingerprint density at radius 1 is 1.32 bits per heavy atom. The Labute approximate surface area is 130 Å². The van der Waals surface area contributed by atoms with Crippen molar-refractivity contribution >= 4 is 18.0 Å². The maximum absolute atomic E-state index is 12.1. The van der Waals surface area contributed by atoms with Crippen LogP contribution in [0, 0.1) is 5.92 Å². The second-order valence-electron chi connectivity index (χ2n) is 6.89. The maximum Gasteiger partial charge on any atom is 0.408 e. The van der Waals surface area contributed by atoms with E-state index in [4.69, 9.17) is 9.84 Å². The third-order valence-electron chi connectivity index (χ3n) is 3.77. The van der Waals surface area contributed by atoms with Gasteiger partial charge in [-0.25, -0.2) is 4.79 Å². The van der Waals surface area contributed by atoms with Gasteiger partial charge < -0.3 is 20.5 Å². The molecule has 0 aromatic rings. The summed E-state index contributed by atoms with van der Waals surface area (Å²) >= 11 is 0. The molecular weight excluding hydrogens is 288 g/mol. The predicted octanol–water partition coefficient (Wildman–Crippen LogP) is 1.66. The van der Waals surface area contributed by atoms with Gasteiger partial charge in [-0.3, -0.25) is 9.59 Å². The van der Waals surface area contributed by atoms with Gasteiger partial charge in [-0.2, -0.15) is 0 Å². The summed E-state index contributed by atoms with van der Waals surface area (Å²) in [5, 5.41) is 14.7. The highest BCUT2D eigenvalue weighted by atomic mass is 16.6. The highest BCUT2D eigenvalue weighted by Gasteiger charge is 2.53. The molecule has 0 heterocycles. The van der Waals surface area contributed by atoms with Crippen molar-refractivity contribution < 1.29 is 24.2 Å². The van der Waals surface area contributed by atoms with E-state index in [0.29, 0.717) is 6.42 Å². The van der Waals surface area contributed by atoms with Crippen LogP contribution in [0.2, 0.25) is 0 Å². The topological polar surface area (TPSA) is 105 Å². The third-order valence-corrected chi connectivity index (χ3v) is 3.77. The fourth-order valence-electron chi connectivity index (χ4n) is 2.85. The number of carbonyl (C=O) groups excluding carboxylic acids is 2. The summed E-state index contributed by atoms with van der Waals surface area (Å²) in [5.74, 6) is -1.62. The number of hydrogen-bond acceptors (Lipinski definition) is 4. The van der Waals surface area contributed by atoms with Crippen molar-refractivity contribution in [2.75, 3.05) is 0 Å². The zero-order chi connectivity index (χ0) is 17.1. The Morgan fingerprint density at radius 2 is 1.86 bits per heavy atom. The van der Waals surface area contributed by atoms with E-state index in [1.807, 2.05) is 6.92 Å². The summed E-state index contributed by atoms with van der Waals surface area (Å²) in [6.07, 6.45) is 0.544. The minimum absolute atomic E-state index is 0.212. The van der Waals surface area contributed by atoms with Crippen molar-refractivity contribution in [2.45, 2.75) is 71.1 Å². The van der Waals surface area contributed by atoms with Crippen LogP contribution in [-0.4, -0.2) is 40.3 Å². The first-order valence-electron chi connectivity index (χ1n) is 7.50. The smallest absolute Gasteiger partial charge is 0.408 e. The number of rotatable bonds is 5. The molecule has 0 radical (unpaired) electrons. The molecule has 1 aliphatic carbocycles. The number of carbonyl (C=O) groups is 3. The van der Waals surface area contributed by atoms with Gasteiger partial charge in [-0.05, 0) is 40.0 Å². The van der Waals surface area contributed by atoms with Crippen LogP contribution in [0.1, 0.15) is 53.9 Å². The molecule has 0 bridgehead atoms. The lowest BCUT2D eigenvalue weighted by atomic mass is 9.63. The van der Waals surface area contributed by atoms with Crippen LogP contribution in [0.5, 0.6) is 0 Å². The van der Waals surface area contributed by atoms with Crippen molar-refractivity contribution in [1.82, 2.24) is 10.6 Å². The molecule has 1 saturated carbocycles. The molecule has 0 aromatic carbocycles. The lowest BCUT2D eigenvalue weighted by molar-refractivity contribution is -0.148. The van der Waals surface area contributed by atoms with Gasteiger partial charge in [0.1, 0.15) is 5.60 Å². The van der Waals surface area contributed by atoms with E-state index in [1.165, 1.54) is 6.92 Å². The fourth-order valence-corrected chi connectivity index (χ4v) is 2.85. The molecule has 126 valence electrons. The highest BCUT2D eigenvalue weighted by Crippen LogP contribution is 2.41. The van der Waals surface area contributed by atoms with Crippen molar-refractivity contribution in [2.24, 2.45) is 5.92 Å². The molecule has 0 aromatic heterocycles. The van der Waals surface area contributed by atoms with Crippen molar-refractivity contribution in [1.29, 1.82) is 0 Å². The van der Waals surface area contributed by atoms with Crippen LogP contribution in [0.25, 0.3) is 0 Å². The quantitative estimate of drug-likeness (QED) is 0.716. The Bertz CT molecular complexity index is 449. The van der Waals surface area contributed by atoms with E-state index >= 15 is 0 Å². The summed E-state index contributed by atoms with van der Waals surface area (Å²) in [5.41, 5.74) is -1.41. The van der Waals surface area contributed by atoms with E-state index < -0.39 is 29.1 Å². The molecule has 3 N–H and O–H groups in total. The number of carboxylic acids is 1. The molecule has 0 saturated heterocycles. The Balaban J connectivity index is 2.87. The minimum Gasteiger partial charge on any atom is -0.481 e. The molecule has 22 heavy (non-hydrogen) atoms. The number of amides is 2. The first kappa shape index (κ1) is 18.3. The zero-order valence-electron chi connectivity index (χ0n) is 13.9. The van der Waals surface area contributed by atoms with E-state index in [0.717, 1.165) is 0 Å².